The maximum absolute atomic E-state index is 14.0. The summed E-state index contributed by atoms with van der Waals surface area (Å²) in [6.07, 6.45) is 2.32. The maximum Gasteiger partial charge on any atom is 0.340 e. The van der Waals surface area contributed by atoms with E-state index in [0.717, 1.165) is 51.8 Å². The number of urea groups is 1. The largest absolute Gasteiger partial charge is 0.508 e. The van der Waals surface area contributed by atoms with Gasteiger partial charge in [-0.25, -0.2) is 9.59 Å². The van der Waals surface area contributed by atoms with Gasteiger partial charge in [-0.15, -0.1) is 0 Å². The number of nitrogens with zero attached hydrogens (tertiary/aromatic N) is 1. The van der Waals surface area contributed by atoms with Crippen LogP contribution in [0.2, 0.25) is 0 Å². The molecule has 0 saturated carbocycles. The molecular weight excluding hydrogens is 1770 g/mol. The first-order valence-corrected chi connectivity index (χ1v) is 45.5. The number of ether oxygens (including phenoxy) is 5. The van der Waals surface area contributed by atoms with Crippen molar-refractivity contribution in [3.63, 3.8) is 0 Å². The fraction of sp³-hybridized carbons (Fsp3) is 0.386. The zero-order chi connectivity index (χ0) is 98.6. The molecule has 2 aliphatic heterocycles. The molecular formula is C101H120N12O22S. The van der Waals surface area contributed by atoms with Gasteiger partial charge in [0.15, 0.2) is 51.3 Å². The van der Waals surface area contributed by atoms with Crippen LogP contribution in [0.1, 0.15) is 179 Å². The van der Waals surface area contributed by atoms with Crippen LogP contribution in [0.25, 0.3) is 11.1 Å². The van der Waals surface area contributed by atoms with Crippen molar-refractivity contribution in [1.29, 1.82) is 0 Å². The molecule has 722 valence electrons. The van der Waals surface area contributed by atoms with Gasteiger partial charge >= 0.3 is 12.0 Å². The zero-order valence-electron chi connectivity index (χ0n) is 77.3. The van der Waals surface area contributed by atoms with Crippen LogP contribution in [0, 0.1) is 23.7 Å². The summed E-state index contributed by atoms with van der Waals surface area (Å²) >= 11 is 5.53. The molecule has 11 rings (SSSR count). The average molecular weight is 1890 g/mol. The standard InChI is InChI=1S/C63H74N10O14S.C38H46N2O8/c1-36(29-38-11-15-41(75)16-12-38)30-52(79)50(22-13-37-7-3-2-4-8-37)72-56(81)24-23-51(78)48(9-6-27-68-61(66)85)73-58(83)39(35-74)31-53(80)49(10-5-26-67-60(64)65)71-57(82)25-28-69-62(88)70-40-14-19-45-44(32-40)59(84)87-63(45)46-20-17-42(76)33-54(46)86-55-34-43(77)18-21-47(55)63;1-21(2)16-31(39-23(4)41)32(43)18-26(17-24-9-12-27(42)13-10-24)38(45)40-30-15-14-28-29(20-33(30)44)22(3)8-11-25-19-34(46-5)36(47-6)37(48-7)35(25)28/h2-4,7-8,11-12,14-21,32-34,36,39,48-50,74-77H,5-6,9-10,13,22-31,35H2,1H3,(H,71,82)(H,72,81)(H,73,83)(H4,64,65,67)(H3,66,68,85)(H2,69,70,88);9-10,12-15,19-22,26,31,42H,8,11,16-18H2,1-7H3,(H,39,41)(H,40,44,45)/t36-,39+,48+,49+,50+;22-,26+,31-/m10/s1. The number of rotatable bonds is 45. The molecule has 8 aromatic rings. The molecule has 1 aliphatic carbocycles. The minimum Gasteiger partial charge on any atom is -0.508 e. The van der Waals surface area contributed by atoms with Crippen molar-refractivity contribution in [2.45, 2.75) is 179 Å². The number of hydrogen-bond donors (Lipinski definition) is 16. The van der Waals surface area contributed by atoms with Crippen LogP contribution in [-0.4, -0.2) is 173 Å². The second-order valence-electron chi connectivity index (χ2n) is 34.6. The zero-order valence-corrected chi connectivity index (χ0v) is 78.1. The van der Waals surface area contributed by atoms with E-state index in [-0.39, 0.29) is 181 Å². The number of hydrogen-bond acceptors (Lipinski definition) is 24. The number of primary amides is 1. The van der Waals surface area contributed by atoms with Gasteiger partial charge in [-0.2, -0.15) is 0 Å². The van der Waals surface area contributed by atoms with E-state index in [4.69, 9.17) is 53.1 Å². The van der Waals surface area contributed by atoms with Crippen LogP contribution < -0.4 is 84.1 Å². The number of Topliss-reactive ketones (excluding diaryl/α,β-unsaturated/α-hetero) is 4. The van der Waals surface area contributed by atoms with Gasteiger partial charge in [-0.05, 0) is 213 Å². The number of methoxy groups -OCH3 is 3. The van der Waals surface area contributed by atoms with Crippen molar-refractivity contribution in [3.05, 3.63) is 218 Å². The lowest BCUT2D eigenvalue weighted by molar-refractivity contribution is -0.135. The van der Waals surface area contributed by atoms with Crippen molar-refractivity contribution < 1.29 is 102 Å². The third kappa shape index (κ3) is 28.3. The molecule has 7 amide bonds. The predicted octanol–water partition coefficient (Wildman–Crippen LogP) is 10.2. The van der Waals surface area contributed by atoms with E-state index < -0.39 is 102 Å². The molecule has 8 atom stereocenters. The summed E-state index contributed by atoms with van der Waals surface area (Å²) in [5, 5.41) is 72.6. The molecule has 1 spiro atoms. The van der Waals surface area contributed by atoms with Crippen LogP contribution in [0.5, 0.6) is 51.7 Å². The molecule has 2 heterocycles. The Kier molecular flexibility index (Phi) is 37.3. The summed E-state index contributed by atoms with van der Waals surface area (Å²) in [4.78, 5) is 165. The molecule has 34 nitrogen and oxygen atoms in total. The number of nitrogens with one attached hydrogen (secondary N) is 8. The Morgan fingerprint density at radius 2 is 1.15 bits per heavy atom. The number of phenols is 4. The number of thiocarbonyl (C=S) groups is 1. The number of anilines is 2. The Morgan fingerprint density at radius 3 is 1.76 bits per heavy atom. The molecule has 0 saturated heterocycles. The van der Waals surface area contributed by atoms with Crippen molar-refractivity contribution in [2.75, 3.05) is 58.2 Å². The highest BCUT2D eigenvalue weighted by Gasteiger charge is 2.54. The molecule has 3 aliphatic rings. The third-order valence-corrected chi connectivity index (χ3v) is 24.1. The number of aliphatic hydroxyl groups excluding tert-OH is 1. The van der Waals surface area contributed by atoms with E-state index in [1.165, 1.54) is 43.3 Å². The summed E-state index contributed by atoms with van der Waals surface area (Å²) in [6, 6.07) is 38.4. The van der Waals surface area contributed by atoms with Gasteiger partial charge < -0.3 is 109 Å². The quantitative estimate of drug-likeness (QED) is 0.00554. The number of aliphatic hydroxyl groups is 1. The van der Waals surface area contributed by atoms with Gasteiger partial charge in [0, 0.05) is 111 Å². The smallest absolute Gasteiger partial charge is 0.340 e. The molecule has 0 radical (unpaired) electrons. The molecule has 35 heteroatoms. The first-order chi connectivity index (χ1) is 65.0. The number of benzene rings is 7. The highest BCUT2D eigenvalue weighted by molar-refractivity contribution is 7.80. The second kappa shape index (κ2) is 49.0. The van der Waals surface area contributed by atoms with Crippen molar-refractivity contribution in [3.8, 4) is 62.9 Å². The van der Waals surface area contributed by atoms with Crippen LogP contribution in [-0.2, 0) is 79.2 Å². The minimum absolute atomic E-state index is 0.0179. The average Bonchev–Trinajstić information content (AvgIpc) is 1.51. The Morgan fingerprint density at radius 1 is 0.559 bits per heavy atom. The topological polar surface area (TPSA) is 539 Å². The maximum atomic E-state index is 14.0. The van der Waals surface area contributed by atoms with Crippen LogP contribution >= 0.6 is 12.2 Å². The van der Waals surface area contributed by atoms with Crippen LogP contribution in [0.4, 0.5) is 16.2 Å². The number of fused-ring (bicyclic) bond motifs is 9. The molecule has 0 fully saturated rings. The number of guanidine groups is 1. The summed E-state index contributed by atoms with van der Waals surface area (Å²) in [5.41, 5.74) is 22.4. The normalized spacial score (nSPS) is 14.4. The molecule has 136 heavy (non-hydrogen) atoms. The predicted molar refractivity (Wildman–Crippen MR) is 514 cm³/mol. The van der Waals surface area contributed by atoms with Crippen molar-refractivity contribution >= 4 is 99.3 Å². The van der Waals surface area contributed by atoms with Gasteiger partial charge in [0.05, 0.1) is 69.3 Å². The lowest BCUT2D eigenvalue weighted by Crippen LogP contribution is -2.47. The fourth-order valence-electron chi connectivity index (χ4n) is 17.0. The first kappa shape index (κ1) is 104. The van der Waals surface area contributed by atoms with Crippen LogP contribution in [0.3, 0.4) is 0 Å². The van der Waals surface area contributed by atoms with Gasteiger partial charge in [0.25, 0.3) is 0 Å². The number of carbonyl (C=O) groups is 11. The fourth-order valence-corrected chi connectivity index (χ4v) is 17.2. The number of aliphatic imine (C=N–C) groups is 1. The van der Waals surface area contributed by atoms with E-state index in [0.29, 0.717) is 65.3 Å². The molecule has 8 aromatic carbocycles. The summed E-state index contributed by atoms with van der Waals surface area (Å²) < 4.78 is 29.3. The highest BCUT2D eigenvalue weighted by atomic mass is 32.1. The van der Waals surface area contributed by atoms with Crippen LogP contribution in [0.15, 0.2) is 168 Å². The van der Waals surface area contributed by atoms with Gasteiger partial charge in [0.2, 0.25) is 40.7 Å². The molecule has 0 unspecified atom stereocenters. The first-order valence-electron chi connectivity index (χ1n) is 45.1. The summed E-state index contributed by atoms with van der Waals surface area (Å²) in [7, 11) is 4.68. The highest BCUT2D eigenvalue weighted by Crippen LogP contribution is 2.58. The Labute approximate surface area is 793 Å². The Balaban J connectivity index is 0.000000335. The van der Waals surface area contributed by atoms with E-state index in [1.54, 1.807) is 100 Å². The lowest BCUT2D eigenvalue weighted by atomic mass is 9.77. The summed E-state index contributed by atoms with van der Waals surface area (Å²) in [5.74, 6) is -5.64. The van der Waals surface area contributed by atoms with Crippen molar-refractivity contribution in [2.24, 2.45) is 45.9 Å². The van der Waals surface area contributed by atoms with Gasteiger partial charge in [-0.1, -0.05) is 94.4 Å². The van der Waals surface area contributed by atoms with E-state index in [1.807, 2.05) is 63.2 Å². The third-order valence-electron chi connectivity index (χ3n) is 23.8. The van der Waals surface area contributed by atoms with E-state index in [2.05, 4.69) is 54.5 Å². The van der Waals surface area contributed by atoms with E-state index >= 15 is 0 Å². The number of aryl methyl sites for hydroxylation is 2. The lowest BCUT2D eigenvalue weighted by Gasteiger charge is -2.36. The number of carbonyl (C=O) groups excluding carboxylic acids is 11. The van der Waals surface area contributed by atoms with Gasteiger partial charge in [0.1, 0.15) is 34.5 Å². The number of esters is 1. The second-order valence-corrected chi connectivity index (χ2v) is 35.1. The number of ketones is 4. The minimum atomic E-state index is -1.48. The number of phenolic OH excluding ortho intramolecular Hbond substituents is 4. The Hall–Kier alpha value is -14.5. The van der Waals surface area contributed by atoms with E-state index in [9.17, 15) is 83.1 Å². The SMILES string of the molecule is COc1cc2c(c(OC)c1OC)-c1ccc(NC(=O)[C@@H](CC(=O)[C@H](CC(C)C)NC(C)=O)Cc3ccc(O)cc3)c(=O)cc1[C@@H](C)CC2.C[C@@H](CC(=O)[C@H](CCc1ccccc1)NC(=O)CCC(=O)[C@H](CCCNC(N)=O)NC(=O)[C@H](CO)CC(=O)[C@H](CCCN=C(N)N)NC(=O)CCNC(=S)Nc1ccc2c(c1)C(=O)OC21c2ccc(O)cc2Oc2cc(O)ccc21)Cc1ccc(O)cc1. The van der Waals surface area contributed by atoms with Crippen molar-refractivity contribution in [1.82, 2.24) is 31.9 Å². The Bertz CT molecular complexity index is 5730. The number of nitrogens with two attached hydrogens (primary N) is 3. The number of amides is 7. The number of aromatic hydroxyl groups is 4. The molecule has 0 aromatic heterocycles. The summed E-state index contributed by atoms with van der Waals surface area (Å²) in [6.45, 7) is 8.51. The van der Waals surface area contributed by atoms with Gasteiger partial charge in [-0.3, -0.25) is 52.9 Å². The monoisotopic (exact) mass is 1880 g/mol. The molecule has 0 bridgehead atoms. The molecule has 19 N–H and O–H groups in total.